The molecule has 28 heavy (non-hydrogen) atoms. The maximum absolute atomic E-state index is 10.9. The number of aliphatic carboxylic acids is 2. The Balaban J connectivity index is 0.000000336. The second-order valence-corrected chi connectivity index (χ2v) is 5.80. The molecule has 0 heterocycles. The Bertz CT molecular complexity index is 818. The predicted molar refractivity (Wildman–Crippen MR) is 100 cm³/mol. The molecule has 1 amide bonds. The van der Waals surface area contributed by atoms with Crippen LogP contribution in [0.4, 0.5) is 0 Å². The molecule has 2 atom stereocenters. The number of carbonyl (C=O) groups excluding carboxylic acids is 1. The first-order chi connectivity index (χ1) is 13.2. The normalized spacial score (nSPS) is 12.3. The molecule has 2 aromatic carbocycles. The number of aliphatic hydroxyl groups is 2. The van der Waals surface area contributed by atoms with Crippen LogP contribution in [0, 0.1) is 0 Å². The molecule has 2 aromatic rings. The Morgan fingerprint density at radius 1 is 1.04 bits per heavy atom. The summed E-state index contributed by atoms with van der Waals surface area (Å²) >= 11 is 0. The van der Waals surface area contributed by atoms with E-state index in [1.54, 1.807) is 7.11 Å². The summed E-state index contributed by atoms with van der Waals surface area (Å²) in [6.07, 6.45) is -3.71. The smallest absolute Gasteiger partial charge is 0.335 e. The number of hydrogen-bond acceptors (Lipinski definition) is 6. The average Bonchev–Trinajstić information content (AvgIpc) is 2.66. The van der Waals surface area contributed by atoms with Gasteiger partial charge in [0, 0.05) is 13.5 Å². The Labute approximate surface area is 161 Å². The van der Waals surface area contributed by atoms with E-state index in [2.05, 4.69) is 23.5 Å². The molecule has 2 unspecified atom stereocenters. The van der Waals surface area contributed by atoms with Gasteiger partial charge in [0.15, 0.2) is 12.2 Å². The van der Waals surface area contributed by atoms with E-state index >= 15 is 0 Å². The third-order valence-electron chi connectivity index (χ3n) is 3.75. The van der Waals surface area contributed by atoms with Crippen LogP contribution >= 0.6 is 0 Å². The fourth-order valence-corrected chi connectivity index (χ4v) is 2.30. The van der Waals surface area contributed by atoms with E-state index in [1.807, 2.05) is 18.2 Å². The monoisotopic (exact) mass is 393 g/mol. The molecule has 9 nitrogen and oxygen atoms in total. The van der Waals surface area contributed by atoms with E-state index in [1.165, 1.54) is 23.3 Å². The maximum Gasteiger partial charge on any atom is 0.335 e. The lowest BCUT2D eigenvalue weighted by molar-refractivity contribution is -0.165. The third-order valence-corrected chi connectivity index (χ3v) is 3.75. The molecule has 2 rings (SSSR count). The largest absolute Gasteiger partial charge is 0.497 e. The summed E-state index contributed by atoms with van der Waals surface area (Å²) in [5.74, 6) is -2.67. The number of methoxy groups -OCH3 is 1. The number of fused-ring (bicyclic) bond motifs is 1. The van der Waals surface area contributed by atoms with Crippen LogP contribution in [0.1, 0.15) is 12.5 Å². The fourth-order valence-electron chi connectivity index (χ4n) is 2.30. The molecule has 0 radical (unpaired) electrons. The molecule has 9 heteroatoms. The molecule has 0 fully saturated rings. The summed E-state index contributed by atoms with van der Waals surface area (Å²) < 4.78 is 5.25. The predicted octanol–water partition coefficient (Wildman–Crippen LogP) is 0.404. The zero-order valence-electron chi connectivity index (χ0n) is 15.5. The fraction of sp³-hybridized carbons (Fsp3) is 0.316. The maximum atomic E-state index is 10.9. The highest BCUT2D eigenvalue weighted by Crippen LogP contribution is 2.24. The van der Waals surface area contributed by atoms with Gasteiger partial charge in [-0.25, -0.2) is 9.59 Å². The number of carbonyl (C=O) groups is 3. The van der Waals surface area contributed by atoms with Crippen molar-refractivity contribution in [3.63, 3.8) is 0 Å². The zero-order chi connectivity index (χ0) is 21.3. The molecule has 0 bridgehead atoms. The Morgan fingerprint density at radius 2 is 1.64 bits per heavy atom. The molecule has 0 saturated heterocycles. The van der Waals surface area contributed by atoms with Gasteiger partial charge in [0.1, 0.15) is 5.75 Å². The van der Waals surface area contributed by atoms with Crippen LogP contribution in [0.2, 0.25) is 0 Å². The highest BCUT2D eigenvalue weighted by molar-refractivity contribution is 5.87. The minimum Gasteiger partial charge on any atom is -0.497 e. The van der Waals surface area contributed by atoms with Gasteiger partial charge in [0.2, 0.25) is 5.91 Å². The Morgan fingerprint density at radius 3 is 2.14 bits per heavy atom. The van der Waals surface area contributed by atoms with Gasteiger partial charge in [-0.05, 0) is 34.9 Å². The Kier molecular flexibility index (Phi) is 8.86. The highest BCUT2D eigenvalue weighted by Gasteiger charge is 2.29. The summed E-state index contributed by atoms with van der Waals surface area (Å²) in [5, 5.41) is 37.7. The van der Waals surface area contributed by atoms with Crippen molar-refractivity contribution in [2.45, 2.75) is 25.6 Å². The second kappa shape index (κ2) is 10.9. The number of hydrogen-bond donors (Lipinski definition) is 5. The number of ether oxygens (including phenoxy) is 1. The van der Waals surface area contributed by atoms with Crippen LogP contribution in [0.3, 0.4) is 0 Å². The summed E-state index contributed by atoms with van der Waals surface area (Å²) in [6.45, 7) is 2.19. The van der Waals surface area contributed by atoms with Crippen molar-refractivity contribution >= 4 is 28.6 Å². The minimum absolute atomic E-state index is 0.00724. The topological polar surface area (TPSA) is 153 Å². The van der Waals surface area contributed by atoms with Gasteiger partial charge in [-0.2, -0.15) is 0 Å². The first-order valence-corrected chi connectivity index (χ1v) is 8.29. The van der Waals surface area contributed by atoms with Crippen molar-refractivity contribution in [2.24, 2.45) is 0 Å². The van der Waals surface area contributed by atoms with Gasteiger partial charge in [0.05, 0.1) is 7.11 Å². The van der Waals surface area contributed by atoms with E-state index in [9.17, 15) is 14.4 Å². The van der Waals surface area contributed by atoms with Crippen LogP contribution in [-0.2, 0) is 20.8 Å². The molecule has 0 aliphatic carbocycles. The van der Waals surface area contributed by atoms with Crippen molar-refractivity contribution in [1.82, 2.24) is 5.32 Å². The number of benzene rings is 2. The van der Waals surface area contributed by atoms with Crippen LogP contribution in [0.25, 0.3) is 10.8 Å². The number of rotatable bonds is 7. The first kappa shape index (κ1) is 22.9. The second-order valence-electron chi connectivity index (χ2n) is 5.80. The van der Waals surface area contributed by atoms with E-state index in [0.29, 0.717) is 6.54 Å². The molecule has 5 N–H and O–H groups in total. The number of carboxylic acid groups (broad SMARTS) is 2. The lowest BCUT2D eigenvalue weighted by Crippen LogP contribution is -2.39. The standard InChI is InChI=1S/C15H17NO2.C4H6O6/c1-11(17)16-9-8-13-5-3-4-12-6-7-14(18-2)10-15(12)13;5-1(3(7)8)2(6)4(9)10/h3-7,10H,8-9H2,1-2H3,(H,16,17);1-2,5-6H,(H,7,8)(H,9,10). The van der Waals surface area contributed by atoms with Crippen molar-refractivity contribution in [3.8, 4) is 5.75 Å². The van der Waals surface area contributed by atoms with Gasteiger partial charge < -0.3 is 30.5 Å². The Hall–Kier alpha value is -3.17. The van der Waals surface area contributed by atoms with Crippen LogP contribution in [0.5, 0.6) is 5.75 Å². The van der Waals surface area contributed by atoms with E-state index in [4.69, 9.17) is 25.2 Å². The lowest BCUT2D eigenvalue weighted by atomic mass is 10.0. The lowest BCUT2D eigenvalue weighted by Gasteiger charge is -2.08. The van der Waals surface area contributed by atoms with Crippen molar-refractivity contribution in [2.75, 3.05) is 13.7 Å². The summed E-state index contributed by atoms with van der Waals surface area (Å²) in [7, 11) is 1.67. The summed E-state index contributed by atoms with van der Waals surface area (Å²) in [4.78, 5) is 30.4. The van der Waals surface area contributed by atoms with Crippen LogP contribution < -0.4 is 10.1 Å². The van der Waals surface area contributed by atoms with Gasteiger partial charge in [-0.15, -0.1) is 0 Å². The molecule has 0 aliphatic rings. The first-order valence-electron chi connectivity index (χ1n) is 8.29. The molecule has 0 aliphatic heterocycles. The summed E-state index contributed by atoms with van der Waals surface area (Å²) in [6, 6.07) is 12.3. The average molecular weight is 393 g/mol. The van der Waals surface area contributed by atoms with Gasteiger partial charge in [-0.3, -0.25) is 4.79 Å². The van der Waals surface area contributed by atoms with E-state index < -0.39 is 24.1 Å². The highest BCUT2D eigenvalue weighted by atomic mass is 16.5. The van der Waals surface area contributed by atoms with Gasteiger partial charge >= 0.3 is 11.9 Å². The van der Waals surface area contributed by atoms with E-state index in [0.717, 1.165) is 12.2 Å². The molecule has 0 saturated carbocycles. The molecule has 0 aromatic heterocycles. The van der Waals surface area contributed by atoms with Crippen LogP contribution in [-0.4, -0.2) is 64.1 Å². The number of carboxylic acids is 2. The quantitative estimate of drug-likeness (QED) is 0.453. The van der Waals surface area contributed by atoms with Gasteiger partial charge in [-0.1, -0.05) is 24.3 Å². The SMILES string of the molecule is COc1ccc2cccc(CCNC(C)=O)c2c1.O=C(O)C(O)C(O)C(=O)O. The molecular weight excluding hydrogens is 370 g/mol. The molecule has 152 valence electrons. The van der Waals surface area contributed by atoms with E-state index in [-0.39, 0.29) is 5.91 Å². The van der Waals surface area contributed by atoms with Crippen molar-refractivity contribution in [3.05, 3.63) is 42.0 Å². The minimum atomic E-state index is -2.27. The summed E-state index contributed by atoms with van der Waals surface area (Å²) in [5.41, 5.74) is 1.22. The molecular formula is C19H23NO8. The number of aliphatic hydroxyl groups excluding tert-OH is 2. The van der Waals surface area contributed by atoms with Crippen LogP contribution in [0.15, 0.2) is 36.4 Å². The number of nitrogens with one attached hydrogen (secondary N) is 1. The van der Waals surface area contributed by atoms with Gasteiger partial charge in [0.25, 0.3) is 0 Å². The zero-order valence-corrected chi connectivity index (χ0v) is 15.5. The third kappa shape index (κ3) is 6.86. The van der Waals surface area contributed by atoms with Crippen molar-refractivity contribution in [1.29, 1.82) is 0 Å². The number of amides is 1. The van der Waals surface area contributed by atoms with Crippen molar-refractivity contribution < 1.29 is 39.5 Å². The molecule has 0 spiro atoms.